The molecule has 2 N–H and O–H groups in total. The van der Waals surface area contributed by atoms with Gasteiger partial charge in [-0.1, -0.05) is 0 Å². The molecule has 2 aromatic rings. The molecule has 0 spiro atoms. The molecule has 0 saturated carbocycles. The Balaban J connectivity index is 1.82. The number of benzene rings is 1. The Hall–Kier alpha value is -1.75. The molecule has 26 heavy (non-hydrogen) atoms. The van der Waals surface area contributed by atoms with Crippen molar-refractivity contribution >= 4 is 54.9 Å². The van der Waals surface area contributed by atoms with Gasteiger partial charge in [0.25, 0.3) is 0 Å². The van der Waals surface area contributed by atoms with Gasteiger partial charge in [0.05, 0.1) is 16.0 Å². The lowest BCUT2D eigenvalue weighted by Crippen LogP contribution is -2.27. The molecule has 0 saturated heterocycles. The normalized spacial score (nSPS) is 11.2. The third-order valence-corrected chi connectivity index (χ3v) is 6.71. The maximum atomic E-state index is 12.0. The minimum atomic E-state index is -3.62. The zero-order valence-corrected chi connectivity index (χ0v) is 17.0. The standard InChI is InChI=1S/C16H17BrN2O5S2/c1-2-24-16(21)11-3-5-12(6-4-11)19-14(20)9-10-18-26(22,23)15-8-7-13(17)25-15/h3-8,18H,2,9-10H2,1H3,(H,19,20). The number of carbonyl (C=O) groups excluding carboxylic acids is 2. The lowest BCUT2D eigenvalue weighted by Gasteiger charge is -2.07. The largest absolute Gasteiger partial charge is 0.462 e. The minimum Gasteiger partial charge on any atom is -0.462 e. The summed E-state index contributed by atoms with van der Waals surface area (Å²) in [7, 11) is -3.62. The first-order chi connectivity index (χ1) is 12.3. The van der Waals surface area contributed by atoms with Gasteiger partial charge in [-0.05, 0) is 59.3 Å². The van der Waals surface area contributed by atoms with Gasteiger partial charge in [0, 0.05) is 18.7 Å². The van der Waals surface area contributed by atoms with Crippen LogP contribution in [0, 0.1) is 0 Å². The second-order valence-electron chi connectivity index (χ2n) is 5.05. The second kappa shape index (κ2) is 9.26. The molecule has 0 atom stereocenters. The van der Waals surface area contributed by atoms with Crippen LogP contribution in [0.1, 0.15) is 23.7 Å². The van der Waals surface area contributed by atoms with Gasteiger partial charge >= 0.3 is 5.97 Å². The van der Waals surface area contributed by atoms with E-state index in [2.05, 4.69) is 26.0 Å². The molecule has 0 fully saturated rings. The maximum absolute atomic E-state index is 12.0. The molecule has 140 valence electrons. The maximum Gasteiger partial charge on any atom is 0.338 e. The third kappa shape index (κ3) is 5.90. The Kier molecular flexibility index (Phi) is 7.33. The van der Waals surface area contributed by atoms with Gasteiger partial charge in [0.2, 0.25) is 15.9 Å². The highest BCUT2D eigenvalue weighted by molar-refractivity contribution is 9.11. The Bertz CT molecular complexity index is 878. The number of sulfonamides is 1. The van der Waals surface area contributed by atoms with Crippen LogP contribution in [0.15, 0.2) is 44.4 Å². The van der Waals surface area contributed by atoms with Gasteiger partial charge < -0.3 is 10.1 Å². The summed E-state index contributed by atoms with van der Waals surface area (Å²) in [5.41, 5.74) is 0.896. The first-order valence-electron chi connectivity index (χ1n) is 7.64. The molecule has 7 nitrogen and oxygen atoms in total. The van der Waals surface area contributed by atoms with Gasteiger partial charge in [-0.15, -0.1) is 11.3 Å². The van der Waals surface area contributed by atoms with E-state index in [1.54, 1.807) is 37.3 Å². The highest BCUT2D eigenvalue weighted by Gasteiger charge is 2.16. The smallest absolute Gasteiger partial charge is 0.338 e. The number of anilines is 1. The molecule has 0 bridgehead atoms. The fourth-order valence-corrected chi connectivity index (χ4v) is 5.03. The number of rotatable bonds is 8. The van der Waals surface area contributed by atoms with Gasteiger partial charge in [-0.3, -0.25) is 4.79 Å². The quantitative estimate of drug-likeness (QED) is 0.589. The van der Waals surface area contributed by atoms with Crippen molar-refractivity contribution in [3.8, 4) is 0 Å². The number of amides is 1. The van der Waals surface area contributed by atoms with E-state index in [9.17, 15) is 18.0 Å². The van der Waals surface area contributed by atoms with Crippen molar-refractivity contribution in [3.63, 3.8) is 0 Å². The summed E-state index contributed by atoms with van der Waals surface area (Å²) in [5, 5.41) is 2.64. The average Bonchev–Trinajstić information content (AvgIpc) is 3.03. The average molecular weight is 461 g/mol. The number of hydrogen-bond acceptors (Lipinski definition) is 6. The van der Waals surface area contributed by atoms with Crippen molar-refractivity contribution in [1.82, 2.24) is 4.72 Å². The van der Waals surface area contributed by atoms with E-state index in [1.807, 2.05) is 0 Å². The van der Waals surface area contributed by atoms with Crippen molar-refractivity contribution in [3.05, 3.63) is 45.7 Å². The van der Waals surface area contributed by atoms with Crippen LogP contribution in [0.4, 0.5) is 5.69 Å². The SMILES string of the molecule is CCOC(=O)c1ccc(NC(=O)CCNS(=O)(=O)c2ccc(Br)s2)cc1. The molecule has 0 aliphatic carbocycles. The van der Waals surface area contributed by atoms with Gasteiger partial charge in [-0.2, -0.15) is 0 Å². The van der Waals surface area contributed by atoms with Crippen LogP contribution in [-0.4, -0.2) is 33.4 Å². The molecule has 2 rings (SSSR count). The second-order valence-corrected chi connectivity index (χ2v) is 9.51. The highest BCUT2D eigenvalue weighted by Crippen LogP contribution is 2.25. The predicted molar refractivity (Wildman–Crippen MR) is 103 cm³/mol. The Morgan fingerprint density at radius 1 is 1.15 bits per heavy atom. The summed E-state index contributed by atoms with van der Waals surface area (Å²) in [5.74, 6) is -0.774. The topological polar surface area (TPSA) is 102 Å². The molecule has 0 aliphatic heterocycles. The summed E-state index contributed by atoms with van der Waals surface area (Å²) >= 11 is 4.30. The lowest BCUT2D eigenvalue weighted by atomic mass is 10.2. The molecule has 10 heteroatoms. The molecule has 1 amide bonds. The van der Waals surface area contributed by atoms with Crippen LogP contribution in [-0.2, 0) is 19.6 Å². The number of nitrogens with one attached hydrogen (secondary N) is 2. The highest BCUT2D eigenvalue weighted by atomic mass is 79.9. The first-order valence-corrected chi connectivity index (χ1v) is 10.7. The summed E-state index contributed by atoms with van der Waals surface area (Å²) < 4.78 is 32.2. The van der Waals surface area contributed by atoms with Gasteiger partial charge in [0.15, 0.2) is 0 Å². The Morgan fingerprint density at radius 2 is 1.85 bits per heavy atom. The zero-order valence-electron chi connectivity index (χ0n) is 13.8. The number of thiophene rings is 1. The molecular weight excluding hydrogens is 444 g/mol. The fourth-order valence-electron chi connectivity index (χ4n) is 1.94. The Morgan fingerprint density at radius 3 is 2.42 bits per heavy atom. The van der Waals surface area contributed by atoms with Crippen LogP contribution in [0.2, 0.25) is 0 Å². The van der Waals surface area contributed by atoms with E-state index >= 15 is 0 Å². The predicted octanol–water partition coefficient (Wildman–Crippen LogP) is 2.99. The molecule has 0 aliphatic rings. The van der Waals surface area contributed by atoms with E-state index in [4.69, 9.17) is 4.74 Å². The summed E-state index contributed by atoms with van der Waals surface area (Å²) in [6.45, 7) is 1.98. The minimum absolute atomic E-state index is 0.0224. The number of ether oxygens (including phenoxy) is 1. The van der Waals surface area contributed by atoms with Crippen molar-refractivity contribution < 1.29 is 22.7 Å². The van der Waals surface area contributed by atoms with Crippen molar-refractivity contribution in [2.45, 2.75) is 17.6 Å². The van der Waals surface area contributed by atoms with Crippen LogP contribution >= 0.6 is 27.3 Å². The zero-order chi connectivity index (χ0) is 19.2. The molecule has 1 heterocycles. The summed E-state index contributed by atoms with van der Waals surface area (Å²) in [6.07, 6.45) is -0.0224. The van der Waals surface area contributed by atoms with Gasteiger partial charge in [-0.25, -0.2) is 17.9 Å². The molecule has 1 aromatic carbocycles. The van der Waals surface area contributed by atoms with E-state index in [0.717, 1.165) is 11.3 Å². The number of halogens is 1. The van der Waals surface area contributed by atoms with E-state index in [0.29, 0.717) is 15.0 Å². The summed E-state index contributed by atoms with van der Waals surface area (Å²) in [4.78, 5) is 23.5. The third-order valence-electron chi connectivity index (χ3n) is 3.14. The lowest BCUT2D eigenvalue weighted by molar-refractivity contribution is -0.116. The van der Waals surface area contributed by atoms with Crippen molar-refractivity contribution in [1.29, 1.82) is 0 Å². The summed E-state index contributed by atoms with van der Waals surface area (Å²) in [6, 6.07) is 9.39. The Labute approximate surface area is 163 Å². The van der Waals surface area contributed by atoms with Crippen molar-refractivity contribution in [2.75, 3.05) is 18.5 Å². The molecule has 0 radical (unpaired) electrons. The molecular formula is C16H17BrN2O5S2. The molecule has 0 unspecified atom stereocenters. The monoisotopic (exact) mass is 460 g/mol. The van der Waals surface area contributed by atoms with Crippen LogP contribution < -0.4 is 10.0 Å². The fraction of sp³-hybridized carbons (Fsp3) is 0.250. The first kappa shape index (κ1) is 20.6. The van der Waals surface area contributed by atoms with E-state index in [-0.39, 0.29) is 29.7 Å². The van der Waals surface area contributed by atoms with E-state index < -0.39 is 16.0 Å². The number of carbonyl (C=O) groups is 2. The van der Waals surface area contributed by atoms with E-state index in [1.165, 1.54) is 6.07 Å². The number of esters is 1. The van der Waals surface area contributed by atoms with Crippen LogP contribution in [0.3, 0.4) is 0 Å². The van der Waals surface area contributed by atoms with Gasteiger partial charge in [0.1, 0.15) is 4.21 Å². The van der Waals surface area contributed by atoms with Crippen molar-refractivity contribution in [2.24, 2.45) is 0 Å². The number of hydrogen-bond donors (Lipinski definition) is 2. The molecule has 1 aromatic heterocycles. The van der Waals surface area contributed by atoms with Crippen LogP contribution in [0.25, 0.3) is 0 Å². The van der Waals surface area contributed by atoms with Crippen LogP contribution in [0.5, 0.6) is 0 Å².